The molecule has 0 bridgehead atoms. The van der Waals surface area contributed by atoms with E-state index in [9.17, 15) is 4.79 Å². The van der Waals surface area contributed by atoms with Crippen LogP contribution in [-0.4, -0.2) is 4.98 Å². The van der Waals surface area contributed by atoms with Crippen LogP contribution in [0.4, 0.5) is 0 Å². The van der Waals surface area contributed by atoms with Crippen LogP contribution in [0.25, 0.3) is 10.1 Å². The van der Waals surface area contributed by atoms with Crippen LogP contribution in [0.1, 0.15) is 31.7 Å². The maximum atomic E-state index is 11.2. The van der Waals surface area contributed by atoms with E-state index in [1.165, 1.54) is 36.2 Å². The van der Waals surface area contributed by atoms with Crippen LogP contribution in [0.15, 0.2) is 29.2 Å². The highest BCUT2D eigenvalue weighted by molar-refractivity contribution is 7.16. The summed E-state index contributed by atoms with van der Waals surface area (Å²) < 4.78 is 1.05. The minimum Gasteiger partial charge on any atom is -0.255 e. The van der Waals surface area contributed by atoms with E-state index in [0.717, 1.165) is 16.5 Å². The number of aromatic nitrogens is 1. The van der Waals surface area contributed by atoms with Gasteiger partial charge < -0.3 is 0 Å². The second-order valence-electron chi connectivity index (χ2n) is 3.96. The number of benzene rings is 1. The number of aryl methyl sites for hydroxylation is 1. The SMILES string of the molecule is CCCCCc1ccc2cnc(=O)sc2c1. The van der Waals surface area contributed by atoms with E-state index in [1.54, 1.807) is 6.20 Å². The molecule has 1 aromatic heterocycles. The third-order valence-electron chi connectivity index (χ3n) is 2.65. The molecule has 16 heavy (non-hydrogen) atoms. The molecule has 1 heterocycles. The van der Waals surface area contributed by atoms with Crippen molar-refractivity contribution >= 4 is 21.4 Å². The van der Waals surface area contributed by atoms with Gasteiger partial charge in [0.15, 0.2) is 0 Å². The molecule has 2 rings (SSSR count). The maximum Gasteiger partial charge on any atom is 0.326 e. The van der Waals surface area contributed by atoms with Crippen LogP contribution in [-0.2, 0) is 6.42 Å². The predicted octanol–water partition coefficient (Wildman–Crippen LogP) is 3.39. The highest BCUT2D eigenvalue weighted by atomic mass is 32.1. The van der Waals surface area contributed by atoms with E-state index in [4.69, 9.17) is 0 Å². The molecule has 0 aliphatic heterocycles. The lowest BCUT2D eigenvalue weighted by atomic mass is 10.1. The van der Waals surface area contributed by atoms with Crippen molar-refractivity contribution in [2.45, 2.75) is 32.6 Å². The molecule has 3 heteroatoms. The van der Waals surface area contributed by atoms with Crippen molar-refractivity contribution in [1.82, 2.24) is 4.98 Å². The van der Waals surface area contributed by atoms with Crippen molar-refractivity contribution in [1.29, 1.82) is 0 Å². The molecule has 0 saturated heterocycles. The number of rotatable bonds is 4. The molecule has 0 unspecified atom stereocenters. The van der Waals surface area contributed by atoms with E-state index in [-0.39, 0.29) is 4.87 Å². The first kappa shape index (κ1) is 11.3. The van der Waals surface area contributed by atoms with E-state index in [1.807, 2.05) is 0 Å². The van der Waals surface area contributed by atoms with Gasteiger partial charge in [0, 0.05) is 16.3 Å². The Kier molecular flexibility index (Phi) is 3.67. The molecule has 2 aromatic rings. The van der Waals surface area contributed by atoms with Crippen LogP contribution >= 0.6 is 11.3 Å². The number of hydrogen-bond acceptors (Lipinski definition) is 3. The van der Waals surface area contributed by atoms with Crippen LogP contribution in [0, 0.1) is 0 Å². The second-order valence-corrected chi connectivity index (χ2v) is 4.95. The fourth-order valence-electron chi connectivity index (χ4n) is 1.75. The Morgan fingerprint density at radius 1 is 1.31 bits per heavy atom. The topological polar surface area (TPSA) is 30.0 Å². The molecule has 0 fully saturated rings. The van der Waals surface area contributed by atoms with Crippen LogP contribution in [0.5, 0.6) is 0 Å². The summed E-state index contributed by atoms with van der Waals surface area (Å²) in [6.07, 6.45) is 6.49. The first-order chi connectivity index (χ1) is 7.79. The van der Waals surface area contributed by atoms with Gasteiger partial charge in [-0.3, -0.25) is 4.79 Å². The summed E-state index contributed by atoms with van der Waals surface area (Å²) in [6, 6.07) is 6.31. The van der Waals surface area contributed by atoms with Crippen LogP contribution < -0.4 is 4.87 Å². The molecule has 0 radical (unpaired) electrons. The molecular formula is C13H15NOS. The molecule has 2 nitrogen and oxygen atoms in total. The average Bonchev–Trinajstić information content (AvgIpc) is 2.29. The Morgan fingerprint density at radius 2 is 2.19 bits per heavy atom. The fourth-order valence-corrected chi connectivity index (χ4v) is 2.49. The summed E-state index contributed by atoms with van der Waals surface area (Å²) in [5, 5.41) is 1.06. The number of unbranched alkanes of at least 4 members (excludes halogenated alkanes) is 2. The Bertz CT molecular complexity index is 533. The zero-order chi connectivity index (χ0) is 11.4. The monoisotopic (exact) mass is 233 g/mol. The molecule has 0 spiro atoms. The third-order valence-corrected chi connectivity index (χ3v) is 3.51. The zero-order valence-corrected chi connectivity index (χ0v) is 10.2. The van der Waals surface area contributed by atoms with Gasteiger partial charge in [-0.05, 0) is 24.5 Å². The van der Waals surface area contributed by atoms with Crippen molar-refractivity contribution in [3.05, 3.63) is 39.6 Å². The Morgan fingerprint density at radius 3 is 3.00 bits per heavy atom. The van der Waals surface area contributed by atoms with Crippen molar-refractivity contribution < 1.29 is 0 Å². The van der Waals surface area contributed by atoms with E-state index in [0.29, 0.717) is 0 Å². The molecule has 84 valence electrons. The summed E-state index contributed by atoms with van der Waals surface area (Å²) >= 11 is 1.23. The minimum atomic E-state index is -0.113. The molecule has 0 saturated carbocycles. The standard InChI is InChI=1S/C13H15NOS/c1-2-3-4-5-10-6-7-11-9-14-13(15)16-12(11)8-10/h6-9H,2-5H2,1H3. The molecule has 0 aliphatic rings. The lowest BCUT2D eigenvalue weighted by Gasteiger charge is -2.02. The van der Waals surface area contributed by atoms with Gasteiger partial charge >= 0.3 is 4.87 Å². The zero-order valence-electron chi connectivity index (χ0n) is 9.40. The van der Waals surface area contributed by atoms with Crippen molar-refractivity contribution in [2.24, 2.45) is 0 Å². The van der Waals surface area contributed by atoms with Gasteiger partial charge in [0.2, 0.25) is 0 Å². The van der Waals surface area contributed by atoms with Crippen LogP contribution in [0.3, 0.4) is 0 Å². The summed E-state index contributed by atoms with van der Waals surface area (Å²) in [7, 11) is 0. The Hall–Kier alpha value is -1.22. The first-order valence-electron chi connectivity index (χ1n) is 5.68. The second kappa shape index (κ2) is 5.21. The van der Waals surface area contributed by atoms with Crippen molar-refractivity contribution in [3.8, 4) is 0 Å². The quantitative estimate of drug-likeness (QED) is 0.758. The molecule has 1 aromatic carbocycles. The lowest BCUT2D eigenvalue weighted by molar-refractivity contribution is 0.718. The number of fused-ring (bicyclic) bond motifs is 1. The molecule has 0 aliphatic carbocycles. The van der Waals surface area contributed by atoms with Gasteiger partial charge in [-0.2, -0.15) is 0 Å². The van der Waals surface area contributed by atoms with Gasteiger partial charge in [-0.25, -0.2) is 4.98 Å². The predicted molar refractivity (Wildman–Crippen MR) is 69.1 cm³/mol. The van der Waals surface area contributed by atoms with Gasteiger partial charge in [0.05, 0.1) is 0 Å². The van der Waals surface area contributed by atoms with Crippen molar-refractivity contribution in [3.63, 3.8) is 0 Å². The molecular weight excluding hydrogens is 218 g/mol. The van der Waals surface area contributed by atoms with Crippen molar-refractivity contribution in [2.75, 3.05) is 0 Å². The van der Waals surface area contributed by atoms with Gasteiger partial charge in [-0.15, -0.1) is 0 Å². The van der Waals surface area contributed by atoms with Gasteiger partial charge in [0.25, 0.3) is 0 Å². The first-order valence-corrected chi connectivity index (χ1v) is 6.50. The summed E-state index contributed by atoms with van der Waals surface area (Å²) in [5.41, 5.74) is 1.32. The summed E-state index contributed by atoms with van der Waals surface area (Å²) in [4.78, 5) is 14.8. The molecule has 0 N–H and O–H groups in total. The number of hydrogen-bond donors (Lipinski definition) is 0. The van der Waals surface area contributed by atoms with E-state index >= 15 is 0 Å². The van der Waals surface area contributed by atoms with Gasteiger partial charge in [0.1, 0.15) is 0 Å². The van der Waals surface area contributed by atoms with E-state index in [2.05, 4.69) is 30.1 Å². The smallest absolute Gasteiger partial charge is 0.255 e. The lowest BCUT2D eigenvalue weighted by Crippen LogP contribution is -1.97. The normalized spacial score (nSPS) is 10.8. The van der Waals surface area contributed by atoms with Gasteiger partial charge in [-0.1, -0.05) is 43.2 Å². The third kappa shape index (κ3) is 2.67. The minimum absolute atomic E-state index is 0.113. The van der Waals surface area contributed by atoms with E-state index < -0.39 is 0 Å². The average molecular weight is 233 g/mol. The molecule has 0 amide bonds. The number of nitrogens with zero attached hydrogens (tertiary/aromatic N) is 1. The highest BCUT2D eigenvalue weighted by Crippen LogP contribution is 2.18. The fraction of sp³-hybridized carbons (Fsp3) is 0.385. The maximum absolute atomic E-state index is 11.2. The Balaban J connectivity index is 2.25. The summed E-state index contributed by atoms with van der Waals surface area (Å²) in [6.45, 7) is 2.21. The Labute approximate surface area is 99.0 Å². The van der Waals surface area contributed by atoms with Crippen LogP contribution in [0.2, 0.25) is 0 Å². The highest BCUT2D eigenvalue weighted by Gasteiger charge is 1.99. The molecule has 0 atom stereocenters. The largest absolute Gasteiger partial charge is 0.326 e. The summed E-state index contributed by atoms with van der Waals surface area (Å²) in [5.74, 6) is 0.